The van der Waals surface area contributed by atoms with Gasteiger partial charge in [-0.3, -0.25) is 4.79 Å². The highest BCUT2D eigenvalue weighted by Crippen LogP contribution is 2.63. The largest absolute Gasteiger partial charge is 0.356 e. The van der Waals surface area contributed by atoms with E-state index in [1.54, 1.807) is 6.20 Å². The van der Waals surface area contributed by atoms with Crippen LogP contribution in [0.15, 0.2) is 24.4 Å². The number of carbonyl (C=O) groups is 1. The monoisotopic (exact) mass is 327 g/mol. The van der Waals surface area contributed by atoms with Crippen molar-refractivity contribution in [1.82, 2.24) is 10.3 Å². The molecule has 3 rings (SSSR count). The van der Waals surface area contributed by atoms with Gasteiger partial charge in [0.15, 0.2) is 0 Å². The van der Waals surface area contributed by atoms with E-state index in [0.717, 1.165) is 31.7 Å². The molecule has 2 aliphatic rings. The molecule has 21 heavy (non-hydrogen) atoms. The van der Waals surface area contributed by atoms with Gasteiger partial charge in [0.25, 0.3) is 0 Å². The average Bonchev–Trinajstić information content (AvgIpc) is 3.01. The third-order valence-electron chi connectivity index (χ3n) is 4.56. The van der Waals surface area contributed by atoms with E-state index in [1.807, 2.05) is 25.1 Å². The van der Waals surface area contributed by atoms with Crippen molar-refractivity contribution in [1.29, 1.82) is 0 Å². The molecule has 1 aliphatic heterocycles. The molecule has 1 amide bonds. The normalized spacial score (nSPS) is 28.2. The van der Waals surface area contributed by atoms with E-state index < -0.39 is 9.75 Å². The summed E-state index contributed by atoms with van der Waals surface area (Å²) in [6.07, 6.45) is 4.16. The number of amides is 1. The molecule has 1 atom stereocenters. The topological polar surface area (TPSA) is 45.2 Å². The summed E-state index contributed by atoms with van der Waals surface area (Å²) >= 11 is 12.1. The lowest BCUT2D eigenvalue weighted by atomic mass is 10.0. The van der Waals surface area contributed by atoms with E-state index in [4.69, 9.17) is 23.2 Å². The summed E-state index contributed by atoms with van der Waals surface area (Å²) in [5.41, 5.74) is -0.631. The minimum absolute atomic E-state index is 0.0243. The Morgan fingerprint density at radius 2 is 2.05 bits per heavy atom. The van der Waals surface area contributed by atoms with E-state index >= 15 is 0 Å². The fourth-order valence-electron chi connectivity index (χ4n) is 2.78. The van der Waals surface area contributed by atoms with Crippen LogP contribution < -0.4 is 10.2 Å². The average molecular weight is 328 g/mol. The molecule has 1 N–H and O–H groups in total. The summed E-state index contributed by atoms with van der Waals surface area (Å²) in [4.78, 5) is 18.9. The molecule has 2 fully saturated rings. The van der Waals surface area contributed by atoms with Crippen LogP contribution in [0, 0.1) is 5.41 Å². The van der Waals surface area contributed by atoms with Gasteiger partial charge in [0, 0.05) is 25.3 Å². The van der Waals surface area contributed by atoms with Gasteiger partial charge in [0.05, 0.1) is 5.41 Å². The number of alkyl halides is 2. The minimum atomic E-state index is -0.897. The number of piperidine rings is 1. The Morgan fingerprint density at radius 3 is 2.57 bits per heavy atom. The predicted octanol–water partition coefficient (Wildman–Crippen LogP) is 2.75. The maximum atomic E-state index is 12.3. The van der Waals surface area contributed by atoms with Crippen molar-refractivity contribution in [3.05, 3.63) is 24.4 Å². The van der Waals surface area contributed by atoms with Gasteiger partial charge in [-0.1, -0.05) is 6.07 Å². The fourth-order valence-corrected chi connectivity index (χ4v) is 3.49. The van der Waals surface area contributed by atoms with Gasteiger partial charge in [-0.25, -0.2) is 4.98 Å². The summed E-state index contributed by atoms with van der Waals surface area (Å²) in [6.45, 7) is 3.61. The van der Waals surface area contributed by atoms with Gasteiger partial charge in [-0.15, -0.1) is 23.2 Å². The van der Waals surface area contributed by atoms with Crippen molar-refractivity contribution in [2.75, 3.05) is 18.0 Å². The molecule has 1 saturated carbocycles. The van der Waals surface area contributed by atoms with Gasteiger partial charge >= 0.3 is 0 Å². The number of carbonyl (C=O) groups excluding carboxylic acids is 1. The summed E-state index contributed by atoms with van der Waals surface area (Å²) in [7, 11) is 0. The van der Waals surface area contributed by atoms with Crippen molar-refractivity contribution < 1.29 is 4.79 Å². The second kappa shape index (κ2) is 5.33. The molecule has 4 nitrogen and oxygen atoms in total. The zero-order valence-corrected chi connectivity index (χ0v) is 13.5. The molecule has 1 aromatic heterocycles. The number of aromatic nitrogens is 1. The zero-order chi connectivity index (χ0) is 15.1. The van der Waals surface area contributed by atoms with Crippen LogP contribution in [0.4, 0.5) is 5.82 Å². The third kappa shape index (κ3) is 2.84. The molecule has 114 valence electrons. The van der Waals surface area contributed by atoms with Crippen molar-refractivity contribution in [2.24, 2.45) is 5.41 Å². The van der Waals surface area contributed by atoms with Crippen LogP contribution in [0.2, 0.25) is 0 Å². The van der Waals surface area contributed by atoms with Gasteiger partial charge < -0.3 is 10.2 Å². The first-order chi connectivity index (χ1) is 9.92. The highest BCUT2D eigenvalue weighted by Gasteiger charge is 2.68. The number of anilines is 1. The Bertz CT molecular complexity index is 529. The molecule has 0 spiro atoms. The number of halogens is 2. The molecule has 1 saturated heterocycles. The Kier molecular flexibility index (Phi) is 3.78. The SMILES string of the molecule is CC1(C(=O)NC2CCN(c3ccccn3)CC2)CC1(Cl)Cl. The van der Waals surface area contributed by atoms with Crippen LogP contribution in [-0.4, -0.2) is 34.4 Å². The van der Waals surface area contributed by atoms with Gasteiger partial charge in [-0.2, -0.15) is 0 Å². The molecular formula is C15H19Cl2N3O. The minimum Gasteiger partial charge on any atom is -0.356 e. The third-order valence-corrected chi connectivity index (χ3v) is 5.66. The van der Waals surface area contributed by atoms with E-state index in [-0.39, 0.29) is 11.9 Å². The van der Waals surface area contributed by atoms with Crippen LogP contribution in [-0.2, 0) is 4.79 Å². The number of nitrogens with one attached hydrogen (secondary N) is 1. The predicted molar refractivity (Wildman–Crippen MR) is 84.8 cm³/mol. The Balaban J connectivity index is 1.52. The standard InChI is InChI=1S/C15H19Cl2N3O/c1-14(10-15(14,16)17)13(21)19-11-5-8-20(9-6-11)12-4-2-3-7-18-12/h2-4,7,11H,5-6,8-10H2,1H3,(H,19,21). The highest BCUT2D eigenvalue weighted by atomic mass is 35.5. The highest BCUT2D eigenvalue weighted by molar-refractivity contribution is 6.53. The maximum absolute atomic E-state index is 12.3. The van der Waals surface area contributed by atoms with Crippen molar-refractivity contribution >= 4 is 34.9 Å². The lowest BCUT2D eigenvalue weighted by Gasteiger charge is -2.33. The molecular weight excluding hydrogens is 309 g/mol. The molecule has 0 aromatic carbocycles. The molecule has 1 unspecified atom stereocenters. The summed E-state index contributed by atoms with van der Waals surface area (Å²) in [6, 6.07) is 6.11. The number of hydrogen-bond acceptors (Lipinski definition) is 3. The van der Waals surface area contributed by atoms with Crippen LogP contribution in [0.5, 0.6) is 0 Å². The first kappa shape index (κ1) is 14.9. The first-order valence-corrected chi connectivity index (χ1v) is 8.03. The molecule has 0 radical (unpaired) electrons. The van der Waals surface area contributed by atoms with E-state index in [1.165, 1.54) is 0 Å². The summed E-state index contributed by atoms with van der Waals surface area (Å²) < 4.78 is -0.897. The Labute approximate surface area is 134 Å². The van der Waals surface area contributed by atoms with Crippen LogP contribution >= 0.6 is 23.2 Å². The van der Waals surface area contributed by atoms with Gasteiger partial charge in [0.1, 0.15) is 10.2 Å². The molecule has 1 aliphatic carbocycles. The smallest absolute Gasteiger partial charge is 0.229 e. The van der Waals surface area contributed by atoms with E-state index in [0.29, 0.717) is 6.42 Å². The van der Waals surface area contributed by atoms with Gasteiger partial charge in [-0.05, 0) is 38.3 Å². The second-order valence-corrected chi connectivity index (χ2v) is 7.62. The molecule has 0 bridgehead atoms. The zero-order valence-electron chi connectivity index (χ0n) is 12.0. The number of pyridine rings is 1. The lowest BCUT2D eigenvalue weighted by Crippen LogP contribution is -2.47. The number of nitrogens with zero attached hydrogens (tertiary/aromatic N) is 2. The maximum Gasteiger partial charge on any atom is 0.229 e. The Hall–Kier alpha value is -1.000. The quantitative estimate of drug-likeness (QED) is 0.868. The number of hydrogen-bond donors (Lipinski definition) is 1. The van der Waals surface area contributed by atoms with E-state index in [2.05, 4.69) is 15.2 Å². The van der Waals surface area contributed by atoms with Gasteiger partial charge in [0.2, 0.25) is 5.91 Å². The van der Waals surface area contributed by atoms with Crippen LogP contribution in [0.1, 0.15) is 26.2 Å². The van der Waals surface area contributed by atoms with Crippen LogP contribution in [0.25, 0.3) is 0 Å². The number of rotatable bonds is 3. The molecule has 1 aromatic rings. The molecule has 2 heterocycles. The second-order valence-electron chi connectivity index (χ2n) is 6.14. The fraction of sp³-hybridized carbons (Fsp3) is 0.600. The molecule has 6 heteroatoms. The van der Waals surface area contributed by atoms with Crippen molar-refractivity contribution in [3.8, 4) is 0 Å². The Morgan fingerprint density at radius 1 is 1.38 bits per heavy atom. The summed E-state index contributed by atoms with van der Waals surface area (Å²) in [5.74, 6) is 0.973. The summed E-state index contributed by atoms with van der Waals surface area (Å²) in [5, 5.41) is 3.09. The van der Waals surface area contributed by atoms with Crippen LogP contribution in [0.3, 0.4) is 0 Å². The lowest BCUT2D eigenvalue weighted by molar-refractivity contribution is -0.126. The van der Waals surface area contributed by atoms with Crippen molar-refractivity contribution in [3.63, 3.8) is 0 Å². The van der Waals surface area contributed by atoms with E-state index in [9.17, 15) is 4.79 Å². The first-order valence-electron chi connectivity index (χ1n) is 7.27. The van der Waals surface area contributed by atoms with Crippen molar-refractivity contribution in [2.45, 2.75) is 36.6 Å².